The van der Waals surface area contributed by atoms with Gasteiger partial charge in [0.2, 0.25) is 5.91 Å². The van der Waals surface area contributed by atoms with Gasteiger partial charge in [-0.05, 0) is 47.7 Å². The number of likely N-dealkylation sites (N-methyl/N-ethyl adjacent to an activating group) is 1. The lowest BCUT2D eigenvalue weighted by Crippen LogP contribution is -2.45. The number of nitrogens with one attached hydrogen (secondary N) is 1. The lowest BCUT2D eigenvalue weighted by Gasteiger charge is -2.23. The number of hydrogen-bond donors (Lipinski definition) is 1. The molecule has 0 spiro atoms. The third-order valence-corrected chi connectivity index (χ3v) is 4.65. The average Bonchev–Trinajstić information content (AvgIpc) is 2.60. The van der Waals surface area contributed by atoms with Crippen LogP contribution >= 0.6 is 11.6 Å². The van der Waals surface area contributed by atoms with E-state index in [4.69, 9.17) is 11.6 Å². The topological polar surface area (TPSA) is 49.4 Å². The highest BCUT2D eigenvalue weighted by atomic mass is 35.5. The van der Waals surface area contributed by atoms with E-state index < -0.39 is 6.04 Å². The van der Waals surface area contributed by atoms with Crippen molar-refractivity contribution in [1.29, 1.82) is 0 Å². The summed E-state index contributed by atoms with van der Waals surface area (Å²) in [5.74, 6) is -0.415. The first-order valence-corrected chi connectivity index (χ1v) is 9.36. The van der Waals surface area contributed by atoms with Gasteiger partial charge in [0, 0.05) is 24.2 Å². The number of hydrogen-bond acceptors (Lipinski definition) is 2. The van der Waals surface area contributed by atoms with Gasteiger partial charge >= 0.3 is 0 Å². The molecule has 27 heavy (non-hydrogen) atoms. The Bertz CT molecular complexity index is 810. The minimum atomic E-state index is -0.621. The van der Waals surface area contributed by atoms with Gasteiger partial charge in [0.25, 0.3) is 5.91 Å². The Labute approximate surface area is 166 Å². The Balaban J connectivity index is 1.97. The fraction of sp³-hybridized carbons (Fsp3) is 0.364. The molecule has 144 valence electrons. The summed E-state index contributed by atoms with van der Waals surface area (Å²) in [6.45, 7) is 8.49. The summed E-state index contributed by atoms with van der Waals surface area (Å²) < 4.78 is 0. The molecule has 5 heteroatoms. The highest BCUT2D eigenvalue weighted by molar-refractivity contribution is 6.30. The molecule has 0 saturated carbocycles. The molecule has 2 aromatic rings. The maximum absolute atomic E-state index is 12.6. The molecular formula is C22H27ClN2O2. The monoisotopic (exact) mass is 386 g/mol. The van der Waals surface area contributed by atoms with Crippen molar-refractivity contribution >= 4 is 23.4 Å². The van der Waals surface area contributed by atoms with Crippen molar-refractivity contribution in [2.75, 3.05) is 7.05 Å². The standard InChI is InChI=1S/C22H27ClN2O2/c1-15(21(27)25(5)14-16-7-6-8-19(23)13-16)24-20(26)17-9-11-18(12-10-17)22(2,3)4/h6-13,15H,14H2,1-5H3,(H,24,26)/t15-/m0/s1. The van der Waals surface area contributed by atoms with Crippen LogP contribution in [0.25, 0.3) is 0 Å². The zero-order valence-corrected chi connectivity index (χ0v) is 17.3. The van der Waals surface area contributed by atoms with Gasteiger partial charge in [-0.1, -0.05) is 56.6 Å². The molecule has 2 amide bonds. The second kappa shape index (κ2) is 8.57. The first-order valence-electron chi connectivity index (χ1n) is 8.99. The molecule has 0 saturated heterocycles. The Kier molecular flexibility index (Phi) is 6.66. The van der Waals surface area contributed by atoms with Crippen LogP contribution < -0.4 is 5.32 Å². The van der Waals surface area contributed by atoms with Crippen molar-refractivity contribution < 1.29 is 9.59 Å². The number of carbonyl (C=O) groups is 2. The zero-order chi connectivity index (χ0) is 20.2. The molecule has 0 aliphatic rings. The maximum atomic E-state index is 12.6. The van der Waals surface area contributed by atoms with E-state index in [-0.39, 0.29) is 17.2 Å². The largest absolute Gasteiger partial charge is 0.341 e. The van der Waals surface area contributed by atoms with Crippen LogP contribution in [0.15, 0.2) is 48.5 Å². The van der Waals surface area contributed by atoms with Crippen molar-refractivity contribution in [3.05, 3.63) is 70.2 Å². The first kappa shape index (κ1) is 21.0. The molecule has 1 atom stereocenters. The fourth-order valence-electron chi connectivity index (χ4n) is 2.78. The lowest BCUT2D eigenvalue weighted by atomic mass is 9.86. The molecule has 0 aromatic heterocycles. The van der Waals surface area contributed by atoms with Gasteiger partial charge < -0.3 is 10.2 Å². The smallest absolute Gasteiger partial charge is 0.251 e. The van der Waals surface area contributed by atoms with Gasteiger partial charge in [0.15, 0.2) is 0 Å². The summed E-state index contributed by atoms with van der Waals surface area (Å²) in [6, 6.07) is 14.2. The van der Waals surface area contributed by atoms with Gasteiger partial charge in [-0.2, -0.15) is 0 Å². The SMILES string of the molecule is C[C@H](NC(=O)c1ccc(C(C)(C)C)cc1)C(=O)N(C)Cc1cccc(Cl)c1. The minimum absolute atomic E-state index is 0.0291. The summed E-state index contributed by atoms with van der Waals surface area (Å²) in [4.78, 5) is 26.6. The second-order valence-corrected chi connectivity index (χ2v) is 8.28. The van der Waals surface area contributed by atoms with E-state index in [1.165, 1.54) is 0 Å². The Morgan fingerprint density at radius 1 is 1.11 bits per heavy atom. The lowest BCUT2D eigenvalue weighted by molar-refractivity contribution is -0.132. The van der Waals surface area contributed by atoms with Crippen molar-refractivity contribution in [1.82, 2.24) is 10.2 Å². The number of nitrogens with zero attached hydrogens (tertiary/aromatic N) is 1. The Hall–Kier alpha value is -2.33. The fourth-order valence-corrected chi connectivity index (χ4v) is 2.99. The van der Waals surface area contributed by atoms with E-state index in [2.05, 4.69) is 26.1 Å². The van der Waals surface area contributed by atoms with E-state index in [0.29, 0.717) is 17.1 Å². The summed E-state index contributed by atoms with van der Waals surface area (Å²) in [5, 5.41) is 3.41. The number of benzene rings is 2. The van der Waals surface area contributed by atoms with Crippen LogP contribution in [0.5, 0.6) is 0 Å². The third-order valence-electron chi connectivity index (χ3n) is 4.42. The molecule has 2 rings (SSSR count). The molecule has 0 fully saturated rings. The van der Waals surface area contributed by atoms with Gasteiger partial charge in [-0.15, -0.1) is 0 Å². The number of amides is 2. The zero-order valence-electron chi connectivity index (χ0n) is 16.5. The average molecular weight is 387 g/mol. The van der Waals surface area contributed by atoms with E-state index >= 15 is 0 Å². The molecule has 4 nitrogen and oxygen atoms in total. The highest BCUT2D eigenvalue weighted by Crippen LogP contribution is 2.22. The van der Waals surface area contributed by atoms with Crippen LogP contribution in [0.3, 0.4) is 0 Å². The molecule has 0 radical (unpaired) electrons. The number of carbonyl (C=O) groups excluding carboxylic acids is 2. The van der Waals surface area contributed by atoms with Crippen LogP contribution in [0, 0.1) is 0 Å². The molecule has 0 unspecified atom stereocenters. The molecule has 0 aliphatic carbocycles. The van der Waals surface area contributed by atoms with Crippen molar-refractivity contribution in [2.24, 2.45) is 0 Å². The summed E-state index contributed by atoms with van der Waals surface area (Å²) in [6.07, 6.45) is 0. The van der Waals surface area contributed by atoms with Crippen LogP contribution in [0.4, 0.5) is 0 Å². The van der Waals surface area contributed by atoms with Gasteiger partial charge in [0.1, 0.15) is 6.04 Å². The summed E-state index contributed by atoms with van der Waals surface area (Å²) >= 11 is 5.99. The summed E-state index contributed by atoms with van der Waals surface area (Å²) in [7, 11) is 1.71. The number of halogens is 1. The highest BCUT2D eigenvalue weighted by Gasteiger charge is 2.21. The van der Waals surface area contributed by atoms with Crippen LogP contribution in [-0.2, 0) is 16.8 Å². The molecule has 1 N–H and O–H groups in total. The minimum Gasteiger partial charge on any atom is -0.341 e. The van der Waals surface area contributed by atoms with Crippen molar-refractivity contribution in [3.8, 4) is 0 Å². The molecule has 0 heterocycles. The van der Waals surface area contributed by atoms with E-state index in [1.54, 1.807) is 37.1 Å². The molecule has 0 bridgehead atoms. The Morgan fingerprint density at radius 3 is 2.30 bits per heavy atom. The number of rotatable bonds is 5. The van der Waals surface area contributed by atoms with Gasteiger partial charge in [-0.25, -0.2) is 0 Å². The first-order chi connectivity index (χ1) is 12.6. The molecule has 2 aromatic carbocycles. The predicted octanol–water partition coefficient (Wildman–Crippen LogP) is 4.41. The summed E-state index contributed by atoms with van der Waals surface area (Å²) in [5.41, 5.74) is 2.67. The van der Waals surface area contributed by atoms with E-state index in [0.717, 1.165) is 11.1 Å². The van der Waals surface area contributed by atoms with Crippen molar-refractivity contribution in [3.63, 3.8) is 0 Å². The maximum Gasteiger partial charge on any atom is 0.251 e. The second-order valence-electron chi connectivity index (χ2n) is 7.85. The van der Waals surface area contributed by atoms with E-state index in [9.17, 15) is 9.59 Å². The Morgan fingerprint density at radius 2 is 1.74 bits per heavy atom. The third kappa shape index (κ3) is 5.83. The van der Waals surface area contributed by atoms with Gasteiger partial charge in [-0.3, -0.25) is 9.59 Å². The normalized spacial score (nSPS) is 12.4. The predicted molar refractivity (Wildman–Crippen MR) is 110 cm³/mol. The van der Waals surface area contributed by atoms with Crippen molar-refractivity contribution in [2.45, 2.75) is 45.7 Å². The molecular weight excluding hydrogens is 360 g/mol. The quantitative estimate of drug-likeness (QED) is 0.827. The van der Waals surface area contributed by atoms with Gasteiger partial charge in [0.05, 0.1) is 0 Å². The van der Waals surface area contributed by atoms with Crippen LogP contribution in [0.2, 0.25) is 5.02 Å². The molecule has 0 aliphatic heterocycles. The van der Waals surface area contributed by atoms with Crippen LogP contribution in [0.1, 0.15) is 49.2 Å². The van der Waals surface area contributed by atoms with E-state index in [1.807, 2.05) is 30.3 Å². The van der Waals surface area contributed by atoms with Crippen LogP contribution in [-0.4, -0.2) is 29.8 Å².